The second kappa shape index (κ2) is 8.29. The molecule has 0 aromatic heterocycles. The second-order valence-electron chi connectivity index (χ2n) is 12.6. The number of carbonyl (C=O) groups is 1. The maximum atomic E-state index is 13.2. The molecule has 0 heterocycles. The third-order valence-corrected chi connectivity index (χ3v) is 10.7. The van der Waals surface area contributed by atoms with Crippen molar-refractivity contribution in [3.8, 4) is 0 Å². The average molecular weight is 461 g/mol. The molecule has 3 saturated carbocycles. The van der Waals surface area contributed by atoms with Gasteiger partial charge in [-0.2, -0.15) is 0 Å². The molecule has 186 valence electrons. The molecular formula is C28H44O5. The number of aliphatic hydroxyl groups is 4. The number of aliphatic hydroxyl groups excluding tert-OH is 3. The van der Waals surface area contributed by atoms with E-state index in [0.29, 0.717) is 31.1 Å². The van der Waals surface area contributed by atoms with Crippen LogP contribution in [0.3, 0.4) is 0 Å². The van der Waals surface area contributed by atoms with Crippen molar-refractivity contribution in [2.24, 2.45) is 40.4 Å². The number of hydrogen-bond donors (Lipinski definition) is 4. The van der Waals surface area contributed by atoms with E-state index in [0.717, 1.165) is 30.4 Å². The summed E-state index contributed by atoms with van der Waals surface area (Å²) in [7, 11) is 0. The van der Waals surface area contributed by atoms with Crippen molar-refractivity contribution in [3.63, 3.8) is 0 Å². The first-order chi connectivity index (χ1) is 15.3. The van der Waals surface area contributed by atoms with Crippen LogP contribution in [0.2, 0.25) is 0 Å². The number of rotatable bonds is 5. The minimum absolute atomic E-state index is 0.00175. The summed E-state index contributed by atoms with van der Waals surface area (Å²) in [5, 5.41) is 43.9. The number of fused-ring (bicyclic) bond motifs is 5. The van der Waals surface area contributed by atoms with Gasteiger partial charge in [-0.1, -0.05) is 41.2 Å². The van der Waals surface area contributed by atoms with Gasteiger partial charge in [0, 0.05) is 11.3 Å². The largest absolute Gasteiger partial charge is 0.390 e. The third-order valence-electron chi connectivity index (χ3n) is 10.7. The molecule has 0 bridgehead atoms. The molecule has 0 unspecified atom stereocenters. The second-order valence-corrected chi connectivity index (χ2v) is 12.6. The van der Waals surface area contributed by atoms with E-state index in [2.05, 4.69) is 41.2 Å². The number of hydrogen-bond acceptors (Lipinski definition) is 5. The van der Waals surface area contributed by atoms with Crippen LogP contribution in [-0.4, -0.2) is 50.1 Å². The molecule has 3 fully saturated rings. The van der Waals surface area contributed by atoms with Gasteiger partial charge in [0.05, 0.1) is 23.9 Å². The molecule has 0 aliphatic heterocycles. The Morgan fingerprint density at radius 3 is 2.42 bits per heavy atom. The highest BCUT2D eigenvalue weighted by Gasteiger charge is 2.66. The molecule has 5 heteroatoms. The van der Waals surface area contributed by atoms with Crippen LogP contribution < -0.4 is 0 Å². The highest BCUT2D eigenvalue weighted by Crippen LogP contribution is 2.68. The van der Waals surface area contributed by atoms with Crippen molar-refractivity contribution in [2.45, 2.75) is 103 Å². The van der Waals surface area contributed by atoms with Gasteiger partial charge in [-0.05, 0) is 91.3 Å². The summed E-state index contributed by atoms with van der Waals surface area (Å²) >= 11 is 0. The molecule has 0 spiro atoms. The van der Waals surface area contributed by atoms with Crippen LogP contribution in [-0.2, 0) is 4.79 Å². The quantitative estimate of drug-likeness (QED) is 0.468. The van der Waals surface area contributed by atoms with E-state index < -0.39 is 34.7 Å². The molecular weight excluding hydrogens is 416 g/mol. The predicted octanol–water partition coefficient (Wildman–Crippen LogP) is 3.79. The number of allylic oxidation sites excluding steroid dienone is 1. The van der Waals surface area contributed by atoms with E-state index in [9.17, 15) is 25.2 Å². The van der Waals surface area contributed by atoms with E-state index in [1.165, 1.54) is 0 Å². The predicted molar refractivity (Wildman–Crippen MR) is 128 cm³/mol. The fourth-order valence-electron chi connectivity index (χ4n) is 7.97. The smallest absolute Gasteiger partial charge is 0.159 e. The first kappa shape index (κ1) is 25.1. The van der Waals surface area contributed by atoms with Crippen LogP contribution in [0.25, 0.3) is 0 Å². The first-order valence-electron chi connectivity index (χ1n) is 13.0. The van der Waals surface area contributed by atoms with Crippen molar-refractivity contribution < 1.29 is 25.2 Å². The molecule has 5 nitrogen and oxygen atoms in total. The lowest BCUT2D eigenvalue weighted by molar-refractivity contribution is -0.151. The zero-order valence-electron chi connectivity index (χ0n) is 21.1. The highest BCUT2D eigenvalue weighted by molar-refractivity contribution is 5.95. The molecule has 4 aliphatic carbocycles. The van der Waals surface area contributed by atoms with Gasteiger partial charge in [-0.3, -0.25) is 4.79 Å². The Labute approximate surface area is 199 Å². The summed E-state index contributed by atoms with van der Waals surface area (Å²) in [4.78, 5) is 13.2. The molecule has 4 rings (SSSR count). The Balaban J connectivity index is 1.65. The molecule has 0 amide bonds. The van der Waals surface area contributed by atoms with Crippen molar-refractivity contribution in [2.75, 3.05) is 0 Å². The lowest BCUT2D eigenvalue weighted by Crippen LogP contribution is -2.60. The van der Waals surface area contributed by atoms with Crippen molar-refractivity contribution in [1.82, 2.24) is 0 Å². The van der Waals surface area contributed by atoms with Gasteiger partial charge < -0.3 is 20.4 Å². The van der Waals surface area contributed by atoms with E-state index >= 15 is 0 Å². The summed E-state index contributed by atoms with van der Waals surface area (Å²) < 4.78 is 0. The van der Waals surface area contributed by atoms with E-state index in [-0.39, 0.29) is 30.0 Å². The Morgan fingerprint density at radius 2 is 1.79 bits per heavy atom. The van der Waals surface area contributed by atoms with Crippen LogP contribution in [0.15, 0.2) is 23.8 Å². The van der Waals surface area contributed by atoms with Gasteiger partial charge in [0.15, 0.2) is 5.78 Å². The Morgan fingerprint density at radius 1 is 1.12 bits per heavy atom. The molecule has 4 N–H and O–H groups in total. The van der Waals surface area contributed by atoms with Gasteiger partial charge in [0.2, 0.25) is 0 Å². The fourth-order valence-corrected chi connectivity index (χ4v) is 7.97. The van der Waals surface area contributed by atoms with Crippen molar-refractivity contribution in [3.05, 3.63) is 23.8 Å². The lowest BCUT2D eigenvalue weighted by Gasteiger charge is -2.60. The molecule has 0 aromatic rings. The van der Waals surface area contributed by atoms with Crippen LogP contribution >= 0.6 is 0 Å². The monoisotopic (exact) mass is 460 g/mol. The molecule has 0 aromatic carbocycles. The van der Waals surface area contributed by atoms with E-state index in [1.54, 1.807) is 6.08 Å². The van der Waals surface area contributed by atoms with Crippen LogP contribution in [0.1, 0.15) is 79.6 Å². The Hall–Kier alpha value is -1.01. The van der Waals surface area contributed by atoms with E-state index in [1.807, 2.05) is 0 Å². The minimum Gasteiger partial charge on any atom is -0.390 e. The number of carbonyl (C=O) groups excluding carboxylic acids is 1. The fraction of sp³-hybridized carbons (Fsp3) is 0.821. The van der Waals surface area contributed by atoms with Gasteiger partial charge in [-0.15, -0.1) is 0 Å². The zero-order valence-corrected chi connectivity index (χ0v) is 21.1. The number of ketones is 1. The molecule has 0 radical (unpaired) electrons. The normalized spacial score (nSPS) is 46.8. The summed E-state index contributed by atoms with van der Waals surface area (Å²) in [5.74, 6) is 0.528. The summed E-state index contributed by atoms with van der Waals surface area (Å²) in [6.07, 6.45) is 3.64. The summed E-state index contributed by atoms with van der Waals surface area (Å²) in [6.45, 7) is 15.0. The van der Waals surface area contributed by atoms with Gasteiger partial charge in [0.1, 0.15) is 0 Å². The summed E-state index contributed by atoms with van der Waals surface area (Å²) in [5.41, 5.74) is -0.410. The molecule has 33 heavy (non-hydrogen) atoms. The SMILES string of the molecule is C=C([C@H](O)C[C@H](C)C(C)C)[C@H]1CC[C@@]2(O)C3=CC(=O)[C@@H]4C[C@@H](O)[C@@H](O)C[C@]4(C)[C@H]3CC[C@]12C. The first-order valence-corrected chi connectivity index (χ1v) is 13.0. The Bertz CT molecular complexity index is 847. The molecule has 0 saturated heterocycles. The van der Waals surface area contributed by atoms with Crippen molar-refractivity contribution in [1.29, 1.82) is 0 Å². The summed E-state index contributed by atoms with van der Waals surface area (Å²) in [6, 6.07) is 0. The third kappa shape index (κ3) is 3.61. The standard InChI is InChI=1S/C28H44O5/c1-15(2)16(3)11-22(29)17(4)18-8-10-28(33)20-12-23(30)21-13-24(31)25(32)14-26(21,5)19(20)7-9-27(18,28)6/h12,15-16,18-19,21-22,24-25,29,31-33H,4,7-11,13-14H2,1-3,5-6H3/t16-,18+,19-,21-,22+,24+,25-,26+,27+,28+/m0/s1. The van der Waals surface area contributed by atoms with Crippen molar-refractivity contribution >= 4 is 5.78 Å². The topological polar surface area (TPSA) is 98.0 Å². The van der Waals surface area contributed by atoms with Gasteiger partial charge in [0.25, 0.3) is 0 Å². The van der Waals surface area contributed by atoms with Crippen LogP contribution in [0.5, 0.6) is 0 Å². The zero-order chi connectivity index (χ0) is 24.5. The van der Waals surface area contributed by atoms with Gasteiger partial charge >= 0.3 is 0 Å². The maximum absolute atomic E-state index is 13.2. The highest BCUT2D eigenvalue weighted by atomic mass is 16.3. The van der Waals surface area contributed by atoms with E-state index in [4.69, 9.17) is 0 Å². The minimum atomic E-state index is -1.11. The maximum Gasteiger partial charge on any atom is 0.159 e. The van der Waals surface area contributed by atoms with Crippen LogP contribution in [0.4, 0.5) is 0 Å². The van der Waals surface area contributed by atoms with Gasteiger partial charge in [-0.25, -0.2) is 0 Å². The average Bonchev–Trinajstić information content (AvgIpc) is 3.01. The van der Waals surface area contributed by atoms with Crippen LogP contribution in [0, 0.1) is 40.4 Å². The Kier molecular flexibility index (Phi) is 6.30. The molecule has 10 atom stereocenters. The lowest BCUT2D eigenvalue weighted by atomic mass is 9.46. The molecule has 4 aliphatic rings.